The molecule has 0 unspecified atom stereocenters. The standard InChI is InChI=1S/C27H21N3S3/c1-31-13-4-7-19-16(10-13)22-25(28-19)23-18-12-15(33-3)6-9-21(18)30-27(23)24-17-11-14(32-2)5-8-20(17)29-26(22)24/h4-12,28-30H,1-3H3. The van der Waals surface area contributed by atoms with E-state index in [-0.39, 0.29) is 0 Å². The minimum atomic E-state index is 1.18. The second-order valence-corrected chi connectivity index (χ2v) is 11.0. The van der Waals surface area contributed by atoms with Crippen LogP contribution in [0.3, 0.4) is 0 Å². The van der Waals surface area contributed by atoms with E-state index >= 15 is 0 Å². The van der Waals surface area contributed by atoms with Gasteiger partial charge in [-0.2, -0.15) is 0 Å². The number of aromatic amines is 3. The van der Waals surface area contributed by atoms with Crippen LogP contribution in [0.2, 0.25) is 0 Å². The Labute approximate surface area is 203 Å². The maximum Gasteiger partial charge on any atom is 0.0588 e. The zero-order valence-corrected chi connectivity index (χ0v) is 20.9. The maximum absolute atomic E-state index is 3.79. The minimum Gasteiger partial charge on any atom is -0.354 e. The third kappa shape index (κ3) is 2.68. The average Bonchev–Trinajstić information content (AvgIpc) is 3.52. The van der Waals surface area contributed by atoms with Crippen molar-refractivity contribution in [1.82, 2.24) is 15.0 Å². The van der Waals surface area contributed by atoms with E-state index in [9.17, 15) is 0 Å². The largest absolute Gasteiger partial charge is 0.354 e. The lowest BCUT2D eigenvalue weighted by molar-refractivity contribution is 1.49. The van der Waals surface area contributed by atoms with Crippen molar-refractivity contribution in [3.63, 3.8) is 0 Å². The molecule has 6 heteroatoms. The summed E-state index contributed by atoms with van der Waals surface area (Å²) in [6.07, 6.45) is 6.42. The number of hydrogen-bond acceptors (Lipinski definition) is 3. The summed E-state index contributed by atoms with van der Waals surface area (Å²) < 4.78 is 0. The van der Waals surface area contributed by atoms with Crippen molar-refractivity contribution in [2.45, 2.75) is 14.7 Å². The predicted molar refractivity (Wildman–Crippen MR) is 150 cm³/mol. The van der Waals surface area contributed by atoms with Crippen LogP contribution in [0.25, 0.3) is 65.4 Å². The van der Waals surface area contributed by atoms with Crippen molar-refractivity contribution >= 4 is 101 Å². The fourth-order valence-electron chi connectivity index (χ4n) is 5.24. The number of aromatic nitrogens is 3. The molecular weight excluding hydrogens is 463 g/mol. The van der Waals surface area contributed by atoms with Gasteiger partial charge in [-0.05, 0) is 73.4 Å². The van der Waals surface area contributed by atoms with Crippen molar-refractivity contribution in [3.8, 4) is 0 Å². The van der Waals surface area contributed by atoms with Gasteiger partial charge in [-0.1, -0.05) is 0 Å². The molecule has 0 fully saturated rings. The number of nitrogens with one attached hydrogen (secondary N) is 3. The van der Waals surface area contributed by atoms with Crippen LogP contribution in [-0.4, -0.2) is 33.7 Å². The molecule has 3 aromatic heterocycles. The van der Waals surface area contributed by atoms with Crippen molar-refractivity contribution in [1.29, 1.82) is 0 Å². The Hall–Kier alpha value is -2.67. The third-order valence-electron chi connectivity index (χ3n) is 6.77. The summed E-state index contributed by atoms with van der Waals surface area (Å²) in [5.74, 6) is 0. The van der Waals surface area contributed by atoms with Gasteiger partial charge in [0, 0.05) is 63.6 Å². The van der Waals surface area contributed by atoms with E-state index in [1.54, 1.807) is 35.3 Å². The molecule has 4 aromatic carbocycles. The van der Waals surface area contributed by atoms with Crippen molar-refractivity contribution < 1.29 is 0 Å². The molecule has 0 radical (unpaired) electrons. The highest BCUT2D eigenvalue weighted by Gasteiger charge is 2.21. The molecule has 0 aliphatic rings. The molecular formula is C27H21N3S3. The highest BCUT2D eigenvalue weighted by atomic mass is 32.2. The first kappa shape index (κ1) is 19.8. The van der Waals surface area contributed by atoms with Gasteiger partial charge >= 0.3 is 0 Å². The SMILES string of the molecule is CSc1ccc2[nH]c3c(c2c1)c1[nH]c2ccc(SC)cc2c1c1[nH]c2ccc(SC)cc2c31. The molecule has 7 aromatic rings. The van der Waals surface area contributed by atoms with Crippen molar-refractivity contribution in [2.75, 3.05) is 18.8 Å². The Bertz CT molecular complexity index is 1640. The van der Waals surface area contributed by atoms with Gasteiger partial charge < -0.3 is 15.0 Å². The molecule has 3 heterocycles. The molecule has 0 atom stereocenters. The molecule has 0 aliphatic heterocycles. The lowest BCUT2D eigenvalue weighted by Crippen LogP contribution is -1.78. The second-order valence-electron chi connectivity index (χ2n) is 8.36. The Morgan fingerprint density at radius 3 is 1.03 bits per heavy atom. The van der Waals surface area contributed by atoms with Crippen LogP contribution < -0.4 is 0 Å². The Morgan fingerprint density at radius 2 is 0.758 bits per heavy atom. The molecule has 0 saturated heterocycles. The van der Waals surface area contributed by atoms with Crippen LogP contribution in [0, 0.1) is 0 Å². The van der Waals surface area contributed by atoms with E-state index in [1.807, 2.05) is 0 Å². The molecule has 0 saturated carbocycles. The van der Waals surface area contributed by atoms with Crippen LogP contribution >= 0.6 is 35.3 Å². The Kier molecular flexibility index (Phi) is 4.29. The Balaban J connectivity index is 1.82. The van der Waals surface area contributed by atoms with E-state index < -0.39 is 0 Å². The van der Waals surface area contributed by atoms with E-state index in [1.165, 1.54) is 80.1 Å². The number of hydrogen-bond donors (Lipinski definition) is 3. The molecule has 162 valence electrons. The monoisotopic (exact) mass is 483 g/mol. The summed E-state index contributed by atoms with van der Waals surface area (Å²) in [5, 5.41) is 7.66. The fraction of sp³-hybridized carbons (Fsp3) is 0.111. The normalized spacial score (nSPS) is 12.5. The number of benzene rings is 4. The molecule has 7 rings (SSSR count). The average molecular weight is 484 g/mol. The van der Waals surface area contributed by atoms with Gasteiger partial charge in [-0.3, -0.25) is 0 Å². The first-order chi connectivity index (χ1) is 16.2. The summed E-state index contributed by atoms with van der Waals surface area (Å²) in [5.41, 5.74) is 7.13. The van der Waals surface area contributed by atoms with Gasteiger partial charge in [0.15, 0.2) is 0 Å². The zero-order valence-electron chi connectivity index (χ0n) is 18.4. The maximum atomic E-state index is 3.79. The molecule has 33 heavy (non-hydrogen) atoms. The second kappa shape index (κ2) is 7.16. The summed E-state index contributed by atoms with van der Waals surface area (Å²) >= 11 is 5.36. The summed E-state index contributed by atoms with van der Waals surface area (Å²) in [6, 6.07) is 20.2. The smallest absolute Gasteiger partial charge is 0.0588 e. The van der Waals surface area contributed by atoms with Gasteiger partial charge in [0.2, 0.25) is 0 Å². The van der Waals surface area contributed by atoms with Crippen LogP contribution in [0.5, 0.6) is 0 Å². The first-order valence-corrected chi connectivity index (χ1v) is 14.5. The number of fused-ring (bicyclic) bond motifs is 12. The van der Waals surface area contributed by atoms with Gasteiger partial charge in [0.25, 0.3) is 0 Å². The lowest BCUT2D eigenvalue weighted by atomic mass is 10.0. The number of thioether (sulfide) groups is 3. The van der Waals surface area contributed by atoms with E-state index in [0.717, 1.165) is 0 Å². The van der Waals surface area contributed by atoms with Gasteiger partial charge in [-0.15, -0.1) is 35.3 Å². The minimum absolute atomic E-state index is 1.18. The summed E-state index contributed by atoms with van der Waals surface area (Å²) in [7, 11) is 0. The van der Waals surface area contributed by atoms with Crippen LogP contribution in [0.1, 0.15) is 0 Å². The predicted octanol–water partition coefficient (Wildman–Crippen LogP) is 8.76. The van der Waals surface area contributed by atoms with Crippen LogP contribution in [0.4, 0.5) is 0 Å². The zero-order chi connectivity index (χ0) is 22.3. The Morgan fingerprint density at radius 1 is 0.455 bits per heavy atom. The van der Waals surface area contributed by atoms with Crippen molar-refractivity contribution in [2.24, 2.45) is 0 Å². The topological polar surface area (TPSA) is 47.4 Å². The van der Waals surface area contributed by atoms with Crippen molar-refractivity contribution in [3.05, 3.63) is 54.6 Å². The van der Waals surface area contributed by atoms with Gasteiger partial charge in [0.05, 0.1) is 16.6 Å². The van der Waals surface area contributed by atoms with E-state index in [2.05, 4.69) is 88.3 Å². The molecule has 0 spiro atoms. The molecule has 0 amide bonds. The van der Waals surface area contributed by atoms with Crippen LogP contribution in [0.15, 0.2) is 69.3 Å². The molecule has 0 bridgehead atoms. The fourth-order valence-corrected chi connectivity index (χ4v) is 6.56. The summed E-state index contributed by atoms with van der Waals surface area (Å²) in [4.78, 5) is 15.2. The molecule has 3 nitrogen and oxygen atoms in total. The molecule has 3 N–H and O–H groups in total. The van der Waals surface area contributed by atoms with E-state index in [0.29, 0.717) is 0 Å². The highest BCUT2D eigenvalue weighted by Crippen LogP contribution is 2.45. The molecule has 0 aliphatic carbocycles. The highest BCUT2D eigenvalue weighted by molar-refractivity contribution is 7.99. The number of rotatable bonds is 3. The quantitative estimate of drug-likeness (QED) is 0.220. The van der Waals surface area contributed by atoms with Crippen LogP contribution in [-0.2, 0) is 0 Å². The summed E-state index contributed by atoms with van der Waals surface area (Å²) in [6.45, 7) is 0. The van der Waals surface area contributed by atoms with Gasteiger partial charge in [-0.25, -0.2) is 0 Å². The first-order valence-electron chi connectivity index (χ1n) is 10.8. The third-order valence-corrected chi connectivity index (χ3v) is 8.94. The number of H-pyrrole nitrogens is 3. The lowest BCUT2D eigenvalue weighted by Gasteiger charge is -2.02. The van der Waals surface area contributed by atoms with Gasteiger partial charge in [0.1, 0.15) is 0 Å². The van der Waals surface area contributed by atoms with E-state index in [4.69, 9.17) is 0 Å².